The van der Waals surface area contributed by atoms with E-state index in [2.05, 4.69) is 22.5 Å². The predicted octanol–water partition coefficient (Wildman–Crippen LogP) is 3.93. The molecule has 1 unspecified atom stereocenters. The summed E-state index contributed by atoms with van der Waals surface area (Å²) in [5.41, 5.74) is 2.08. The molecule has 2 aromatic rings. The van der Waals surface area contributed by atoms with E-state index in [1.165, 1.54) is 0 Å². The molecule has 0 radical (unpaired) electrons. The van der Waals surface area contributed by atoms with Gasteiger partial charge in [0.1, 0.15) is 11.5 Å². The normalized spacial score (nSPS) is 12.1. The lowest BCUT2D eigenvalue weighted by Crippen LogP contribution is -2.38. The second-order valence-corrected chi connectivity index (χ2v) is 6.54. The highest BCUT2D eigenvalue weighted by Gasteiger charge is 2.13. The zero-order valence-electron chi connectivity index (χ0n) is 18.7. The van der Waals surface area contributed by atoms with Gasteiger partial charge in [-0.2, -0.15) is 0 Å². The number of nitrogens with zero attached hydrogens (tertiary/aromatic N) is 1. The maximum atomic E-state index is 5.74. The molecule has 0 aromatic heterocycles. The molecule has 0 aliphatic heterocycles. The standard InChI is InChI=1S/C23H33N3O4/c1-7-29-20-12-10-17(13-22(20)30-8-2)16(3)26-23(24-4)25-15-18-9-11-19(27-5)14-21(18)28-6/h9-14,16H,7-8,15H2,1-6H3,(H2,24,25,26). The van der Waals surface area contributed by atoms with Crippen molar-refractivity contribution in [3.05, 3.63) is 47.5 Å². The third kappa shape index (κ3) is 6.20. The molecule has 0 amide bonds. The van der Waals surface area contributed by atoms with Crippen LogP contribution in [0.4, 0.5) is 0 Å². The monoisotopic (exact) mass is 415 g/mol. The summed E-state index contributed by atoms with van der Waals surface area (Å²) < 4.78 is 22.1. The van der Waals surface area contributed by atoms with Crippen LogP contribution < -0.4 is 29.6 Å². The molecule has 7 heteroatoms. The predicted molar refractivity (Wildman–Crippen MR) is 120 cm³/mol. The average molecular weight is 416 g/mol. The number of rotatable bonds is 10. The second kappa shape index (κ2) is 11.8. The van der Waals surface area contributed by atoms with Crippen LogP contribution in [0.3, 0.4) is 0 Å². The van der Waals surface area contributed by atoms with Crippen molar-refractivity contribution >= 4 is 5.96 Å². The summed E-state index contributed by atoms with van der Waals surface area (Å²) in [5.74, 6) is 3.71. The van der Waals surface area contributed by atoms with E-state index in [0.29, 0.717) is 25.7 Å². The maximum Gasteiger partial charge on any atom is 0.191 e. The minimum atomic E-state index is 0.0174. The van der Waals surface area contributed by atoms with Crippen LogP contribution in [-0.2, 0) is 6.54 Å². The summed E-state index contributed by atoms with van der Waals surface area (Å²) in [4.78, 5) is 4.34. The Morgan fingerprint density at radius 2 is 1.67 bits per heavy atom. The van der Waals surface area contributed by atoms with Gasteiger partial charge in [-0.3, -0.25) is 4.99 Å². The Balaban J connectivity index is 2.06. The van der Waals surface area contributed by atoms with Crippen molar-refractivity contribution in [1.82, 2.24) is 10.6 Å². The molecule has 0 aliphatic carbocycles. The van der Waals surface area contributed by atoms with E-state index in [1.807, 2.05) is 50.2 Å². The fourth-order valence-corrected chi connectivity index (χ4v) is 3.00. The van der Waals surface area contributed by atoms with Crippen LogP contribution in [0.1, 0.15) is 37.9 Å². The van der Waals surface area contributed by atoms with Gasteiger partial charge in [0.05, 0.1) is 33.5 Å². The number of benzene rings is 2. The van der Waals surface area contributed by atoms with E-state index in [-0.39, 0.29) is 6.04 Å². The Morgan fingerprint density at radius 3 is 2.30 bits per heavy atom. The Bertz CT molecular complexity index is 839. The lowest BCUT2D eigenvalue weighted by molar-refractivity contribution is 0.287. The van der Waals surface area contributed by atoms with Crippen molar-refractivity contribution in [2.45, 2.75) is 33.4 Å². The Hall–Kier alpha value is -3.09. The highest BCUT2D eigenvalue weighted by molar-refractivity contribution is 5.80. The van der Waals surface area contributed by atoms with Gasteiger partial charge in [0.25, 0.3) is 0 Å². The van der Waals surface area contributed by atoms with Gasteiger partial charge in [-0.05, 0) is 50.6 Å². The van der Waals surface area contributed by atoms with Gasteiger partial charge in [0, 0.05) is 25.2 Å². The first kappa shape index (κ1) is 23.2. The quantitative estimate of drug-likeness (QED) is 0.453. The first-order valence-corrected chi connectivity index (χ1v) is 10.1. The molecule has 0 aliphatic rings. The van der Waals surface area contributed by atoms with E-state index >= 15 is 0 Å². The van der Waals surface area contributed by atoms with Gasteiger partial charge in [0.15, 0.2) is 17.5 Å². The van der Waals surface area contributed by atoms with Gasteiger partial charge in [-0.25, -0.2) is 0 Å². The Morgan fingerprint density at radius 1 is 0.933 bits per heavy atom. The number of nitrogens with one attached hydrogen (secondary N) is 2. The van der Waals surface area contributed by atoms with E-state index in [4.69, 9.17) is 18.9 Å². The molecule has 0 heterocycles. The molecule has 0 fully saturated rings. The lowest BCUT2D eigenvalue weighted by atomic mass is 10.1. The number of aliphatic imine (C=N–C) groups is 1. The average Bonchev–Trinajstić information content (AvgIpc) is 2.77. The molecule has 0 saturated carbocycles. The first-order chi connectivity index (χ1) is 14.6. The summed E-state index contributed by atoms with van der Waals surface area (Å²) in [7, 11) is 5.03. The van der Waals surface area contributed by atoms with Gasteiger partial charge in [-0.15, -0.1) is 0 Å². The van der Waals surface area contributed by atoms with Crippen LogP contribution in [0.15, 0.2) is 41.4 Å². The fourth-order valence-electron chi connectivity index (χ4n) is 3.00. The third-order valence-corrected chi connectivity index (χ3v) is 4.58. The molecule has 0 spiro atoms. The molecule has 2 aromatic carbocycles. The number of hydrogen-bond acceptors (Lipinski definition) is 5. The highest BCUT2D eigenvalue weighted by Crippen LogP contribution is 2.30. The van der Waals surface area contributed by atoms with Crippen LogP contribution in [0.25, 0.3) is 0 Å². The zero-order valence-corrected chi connectivity index (χ0v) is 18.7. The molecular weight excluding hydrogens is 382 g/mol. The summed E-state index contributed by atoms with van der Waals surface area (Å²) in [6.45, 7) is 7.74. The van der Waals surface area contributed by atoms with Crippen LogP contribution in [0.2, 0.25) is 0 Å². The maximum absolute atomic E-state index is 5.74. The van der Waals surface area contributed by atoms with E-state index in [1.54, 1.807) is 21.3 Å². The topological polar surface area (TPSA) is 73.3 Å². The summed E-state index contributed by atoms with van der Waals surface area (Å²) in [5, 5.41) is 6.74. The minimum Gasteiger partial charge on any atom is -0.497 e. The van der Waals surface area contributed by atoms with Crippen LogP contribution in [0, 0.1) is 0 Å². The fraction of sp³-hybridized carbons (Fsp3) is 0.435. The number of methoxy groups -OCH3 is 2. The minimum absolute atomic E-state index is 0.0174. The summed E-state index contributed by atoms with van der Waals surface area (Å²) in [6.07, 6.45) is 0. The van der Waals surface area contributed by atoms with Crippen molar-refractivity contribution in [2.24, 2.45) is 4.99 Å². The Labute approximate surface area is 179 Å². The van der Waals surface area contributed by atoms with Crippen molar-refractivity contribution in [2.75, 3.05) is 34.5 Å². The largest absolute Gasteiger partial charge is 0.497 e. The van der Waals surface area contributed by atoms with Crippen LogP contribution in [-0.4, -0.2) is 40.4 Å². The zero-order chi connectivity index (χ0) is 21.9. The molecule has 0 bridgehead atoms. The van der Waals surface area contributed by atoms with E-state index in [9.17, 15) is 0 Å². The molecule has 1 atom stereocenters. The number of hydrogen-bond donors (Lipinski definition) is 2. The van der Waals surface area contributed by atoms with Crippen LogP contribution in [0.5, 0.6) is 23.0 Å². The third-order valence-electron chi connectivity index (χ3n) is 4.58. The van der Waals surface area contributed by atoms with E-state index < -0.39 is 0 Å². The molecule has 2 rings (SSSR count). The summed E-state index contributed by atoms with van der Waals surface area (Å²) in [6, 6.07) is 11.8. The summed E-state index contributed by atoms with van der Waals surface area (Å²) >= 11 is 0. The molecule has 2 N–H and O–H groups in total. The first-order valence-electron chi connectivity index (χ1n) is 10.1. The van der Waals surface area contributed by atoms with E-state index in [0.717, 1.165) is 34.1 Å². The van der Waals surface area contributed by atoms with Gasteiger partial charge >= 0.3 is 0 Å². The lowest BCUT2D eigenvalue weighted by Gasteiger charge is -2.20. The van der Waals surface area contributed by atoms with Gasteiger partial charge < -0.3 is 29.6 Å². The number of ether oxygens (including phenoxy) is 4. The molecule has 0 saturated heterocycles. The van der Waals surface area contributed by atoms with Crippen LogP contribution >= 0.6 is 0 Å². The van der Waals surface area contributed by atoms with Crippen molar-refractivity contribution in [3.63, 3.8) is 0 Å². The SMILES string of the molecule is CCOc1ccc(C(C)NC(=NC)NCc2ccc(OC)cc2OC)cc1OCC. The molecule has 164 valence electrons. The highest BCUT2D eigenvalue weighted by atomic mass is 16.5. The van der Waals surface area contributed by atoms with Gasteiger partial charge in [0.2, 0.25) is 0 Å². The number of guanidine groups is 1. The van der Waals surface area contributed by atoms with Gasteiger partial charge in [-0.1, -0.05) is 6.07 Å². The van der Waals surface area contributed by atoms with Crippen molar-refractivity contribution in [1.29, 1.82) is 0 Å². The molecule has 30 heavy (non-hydrogen) atoms. The van der Waals surface area contributed by atoms with Crippen molar-refractivity contribution < 1.29 is 18.9 Å². The second-order valence-electron chi connectivity index (χ2n) is 6.54. The van der Waals surface area contributed by atoms with Crippen molar-refractivity contribution in [3.8, 4) is 23.0 Å². The smallest absolute Gasteiger partial charge is 0.191 e. The Kier molecular flexibility index (Phi) is 9.12. The molecular formula is C23H33N3O4. The molecule has 7 nitrogen and oxygen atoms in total.